The van der Waals surface area contributed by atoms with Gasteiger partial charge in [0.25, 0.3) is 0 Å². The monoisotopic (exact) mass is 235 g/mol. The van der Waals surface area contributed by atoms with Crippen LogP contribution in [-0.2, 0) is 11.2 Å². The van der Waals surface area contributed by atoms with E-state index in [2.05, 4.69) is 18.8 Å². The molecule has 1 atom stereocenters. The second-order valence-electron chi connectivity index (χ2n) is 4.12. The third kappa shape index (κ3) is 5.97. The van der Waals surface area contributed by atoms with Crippen molar-refractivity contribution in [3.05, 3.63) is 42.7 Å². The topological polar surface area (TPSA) is 41.5 Å². The number of hydrogen-bond acceptors (Lipinski definition) is 3. The Hall–Kier alpha value is -1.48. The molecule has 3 nitrogen and oxygen atoms in total. The highest BCUT2D eigenvalue weighted by atomic mass is 16.5. The molecule has 0 bridgehead atoms. The Labute approximate surface area is 103 Å². The van der Waals surface area contributed by atoms with Crippen LogP contribution in [0.1, 0.15) is 18.9 Å². The van der Waals surface area contributed by atoms with Gasteiger partial charge >= 0.3 is 0 Å². The van der Waals surface area contributed by atoms with Gasteiger partial charge in [-0.3, -0.25) is 0 Å². The third-order valence-electron chi connectivity index (χ3n) is 2.53. The summed E-state index contributed by atoms with van der Waals surface area (Å²) in [6.07, 6.45) is 3.41. The number of phenols is 1. The van der Waals surface area contributed by atoms with E-state index in [9.17, 15) is 5.11 Å². The van der Waals surface area contributed by atoms with E-state index in [4.69, 9.17) is 4.74 Å². The molecule has 0 spiro atoms. The molecule has 17 heavy (non-hydrogen) atoms. The second-order valence-corrected chi connectivity index (χ2v) is 4.12. The zero-order valence-corrected chi connectivity index (χ0v) is 10.4. The van der Waals surface area contributed by atoms with Crippen LogP contribution in [0.2, 0.25) is 0 Å². The van der Waals surface area contributed by atoms with Crippen LogP contribution < -0.4 is 5.32 Å². The number of ether oxygens (including phenoxy) is 1. The molecule has 0 aliphatic rings. The molecule has 2 N–H and O–H groups in total. The lowest BCUT2D eigenvalue weighted by atomic mass is 10.1. The van der Waals surface area contributed by atoms with Crippen molar-refractivity contribution in [1.29, 1.82) is 0 Å². The van der Waals surface area contributed by atoms with E-state index < -0.39 is 0 Å². The van der Waals surface area contributed by atoms with Gasteiger partial charge in [0, 0.05) is 6.04 Å². The van der Waals surface area contributed by atoms with Crippen LogP contribution in [-0.4, -0.2) is 24.3 Å². The normalized spacial score (nSPS) is 12.1. The molecule has 3 heteroatoms. The summed E-state index contributed by atoms with van der Waals surface area (Å²) >= 11 is 0. The molecule has 0 amide bonds. The van der Waals surface area contributed by atoms with Gasteiger partial charge in [-0.1, -0.05) is 18.7 Å². The Morgan fingerprint density at radius 2 is 2.12 bits per heavy atom. The first-order chi connectivity index (χ1) is 8.22. The molecule has 0 saturated carbocycles. The Bertz CT molecular complexity index is 321. The maximum absolute atomic E-state index is 9.18. The number of aromatic hydroxyl groups is 1. The van der Waals surface area contributed by atoms with Crippen LogP contribution in [0.3, 0.4) is 0 Å². The Balaban J connectivity index is 2.18. The summed E-state index contributed by atoms with van der Waals surface area (Å²) in [6, 6.07) is 7.77. The molecule has 1 rings (SSSR count). The first kappa shape index (κ1) is 13.6. The van der Waals surface area contributed by atoms with Gasteiger partial charge in [-0.2, -0.15) is 0 Å². The number of hydrogen-bond donors (Lipinski definition) is 2. The summed E-state index contributed by atoms with van der Waals surface area (Å²) in [7, 11) is 0. The van der Waals surface area contributed by atoms with Gasteiger partial charge in [0.2, 0.25) is 0 Å². The van der Waals surface area contributed by atoms with Crippen molar-refractivity contribution in [1.82, 2.24) is 5.32 Å². The summed E-state index contributed by atoms with van der Waals surface area (Å²) in [5.74, 6) is 0.316. The van der Waals surface area contributed by atoms with Crippen molar-refractivity contribution in [3.8, 4) is 5.75 Å². The van der Waals surface area contributed by atoms with Crippen LogP contribution in [0.4, 0.5) is 0 Å². The maximum atomic E-state index is 9.18. The van der Waals surface area contributed by atoms with Crippen LogP contribution >= 0.6 is 0 Å². The van der Waals surface area contributed by atoms with Crippen LogP contribution in [0.15, 0.2) is 37.1 Å². The maximum Gasteiger partial charge on any atom is 0.115 e. The second kappa shape index (κ2) is 7.74. The van der Waals surface area contributed by atoms with Crippen molar-refractivity contribution in [2.24, 2.45) is 0 Å². The molecule has 1 aromatic carbocycles. The number of phenolic OH excluding ortho intramolecular Hbond substituents is 1. The first-order valence-electron chi connectivity index (χ1n) is 5.96. The van der Waals surface area contributed by atoms with E-state index in [0.29, 0.717) is 18.4 Å². The van der Waals surface area contributed by atoms with E-state index in [1.165, 1.54) is 11.8 Å². The van der Waals surface area contributed by atoms with Crippen LogP contribution in [0.5, 0.6) is 5.75 Å². The predicted molar refractivity (Wildman–Crippen MR) is 70.0 cm³/mol. The van der Waals surface area contributed by atoms with Gasteiger partial charge in [-0.25, -0.2) is 0 Å². The fourth-order valence-corrected chi connectivity index (χ4v) is 1.65. The van der Waals surface area contributed by atoms with Gasteiger partial charge in [0.05, 0.1) is 12.9 Å². The zero-order chi connectivity index (χ0) is 12.5. The molecule has 0 aliphatic heterocycles. The average molecular weight is 235 g/mol. The molecule has 0 saturated heterocycles. The highest BCUT2D eigenvalue weighted by molar-refractivity contribution is 5.26. The molecule has 1 unspecified atom stereocenters. The highest BCUT2D eigenvalue weighted by Gasteiger charge is 2.02. The number of benzene rings is 1. The Morgan fingerprint density at radius 3 is 2.76 bits per heavy atom. The Kier molecular flexibility index (Phi) is 6.18. The molecule has 0 aliphatic carbocycles. The molecule has 94 valence electrons. The van der Waals surface area contributed by atoms with Crippen LogP contribution in [0.25, 0.3) is 0 Å². The Morgan fingerprint density at radius 1 is 1.41 bits per heavy atom. The van der Waals surface area contributed by atoms with Gasteiger partial charge < -0.3 is 15.2 Å². The molecule has 0 heterocycles. The molecule has 0 fully saturated rings. The minimum Gasteiger partial charge on any atom is -0.508 e. The van der Waals surface area contributed by atoms with Gasteiger partial charge in [-0.05, 0) is 44.0 Å². The van der Waals surface area contributed by atoms with Crippen molar-refractivity contribution in [3.63, 3.8) is 0 Å². The van der Waals surface area contributed by atoms with Gasteiger partial charge in [0.1, 0.15) is 5.75 Å². The summed E-state index contributed by atoms with van der Waals surface area (Å²) in [4.78, 5) is 0. The third-order valence-corrected chi connectivity index (χ3v) is 2.53. The zero-order valence-electron chi connectivity index (χ0n) is 10.4. The fourth-order valence-electron chi connectivity index (χ4n) is 1.65. The van der Waals surface area contributed by atoms with E-state index in [-0.39, 0.29) is 0 Å². The standard InChI is InChI=1S/C14H21NO2/c1-3-17-10-4-9-15-12(2)11-13-5-7-14(16)8-6-13/h3,5-8,12,15-16H,1,4,9-11H2,2H3. The van der Waals surface area contributed by atoms with E-state index in [1.807, 2.05) is 12.1 Å². The van der Waals surface area contributed by atoms with Crippen molar-refractivity contribution in [2.75, 3.05) is 13.2 Å². The van der Waals surface area contributed by atoms with Gasteiger partial charge in [0.15, 0.2) is 0 Å². The van der Waals surface area contributed by atoms with E-state index >= 15 is 0 Å². The minimum absolute atomic E-state index is 0.316. The van der Waals surface area contributed by atoms with Crippen molar-refractivity contribution < 1.29 is 9.84 Å². The summed E-state index contributed by atoms with van der Waals surface area (Å²) < 4.78 is 5.04. The van der Waals surface area contributed by atoms with E-state index in [1.54, 1.807) is 12.1 Å². The average Bonchev–Trinajstić information content (AvgIpc) is 2.32. The molecule has 0 aromatic heterocycles. The summed E-state index contributed by atoms with van der Waals surface area (Å²) in [6.45, 7) is 7.30. The lowest BCUT2D eigenvalue weighted by Gasteiger charge is -2.13. The molecular weight excluding hydrogens is 214 g/mol. The van der Waals surface area contributed by atoms with Gasteiger partial charge in [-0.15, -0.1) is 0 Å². The number of rotatable bonds is 8. The smallest absolute Gasteiger partial charge is 0.115 e. The van der Waals surface area contributed by atoms with Crippen LogP contribution in [0, 0.1) is 0 Å². The highest BCUT2D eigenvalue weighted by Crippen LogP contribution is 2.11. The van der Waals surface area contributed by atoms with E-state index in [0.717, 1.165) is 19.4 Å². The fraction of sp³-hybridized carbons (Fsp3) is 0.429. The SMILES string of the molecule is C=COCCCNC(C)Cc1ccc(O)cc1. The predicted octanol–water partition coefficient (Wildman–Crippen LogP) is 2.46. The van der Waals surface area contributed by atoms with Crippen molar-refractivity contribution >= 4 is 0 Å². The summed E-state index contributed by atoms with van der Waals surface area (Å²) in [5, 5.41) is 12.6. The molecular formula is C14H21NO2. The number of nitrogens with one attached hydrogen (secondary N) is 1. The lowest BCUT2D eigenvalue weighted by molar-refractivity contribution is 0.243. The lowest BCUT2D eigenvalue weighted by Crippen LogP contribution is -2.29. The summed E-state index contributed by atoms with van der Waals surface area (Å²) in [5.41, 5.74) is 1.23. The quantitative estimate of drug-likeness (QED) is 0.537. The minimum atomic E-state index is 0.316. The molecule has 1 aromatic rings. The first-order valence-corrected chi connectivity index (χ1v) is 5.96. The molecule has 0 radical (unpaired) electrons. The largest absolute Gasteiger partial charge is 0.508 e. The van der Waals surface area contributed by atoms with Crippen molar-refractivity contribution in [2.45, 2.75) is 25.8 Å².